The van der Waals surface area contributed by atoms with E-state index in [-0.39, 0.29) is 5.78 Å². The van der Waals surface area contributed by atoms with Crippen molar-refractivity contribution in [2.75, 3.05) is 5.32 Å². The van der Waals surface area contributed by atoms with E-state index in [1.165, 1.54) is 11.1 Å². The van der Waals surface area contributed by atoms with Gasteiger partial charge in [0.15, 0.2) is 10.9 Å². The lowest BCUT2D eigenvalue weighted by Crippen LogP contribution is -2.33. The fourth-order valence-corrected chi connectivity index (χ4v) is 3.25. The Labute approximate surface area is 177 Å². The highest BCUT2D eigenvalue weighted by molar-refractivity contribution is 7.80. The van der Waals surface area contributed by atoms with Gasteiger partial charge in [0.2, 0.25) is 0 Å². The van der Waals surface area contributed by atoms with Crippen LogP contribution in [-0.2, 0) is 19.5 Å². The van der Waals surface area contributed by atoms with Gasteiger partial charge >= 0.3 is 0 Å². The lowest BCUT2D eigenvalue weighted by Gasteiger charge is -2.26. The number of anilines is 1. The molecule has 0 aliphatic carbocycles. The lowest BCUT2D eigenvalue weighted by atomic mass is 10.1. The molecule has 0 saturated heterocycles. The molecular formula is C24H25N3OS. The molecule has 2 aromatic carbocycles. The number of carbonyl (C=O) groups excluding carboxylic acids is 1. The SMILES string of the molecule is CCc1ccc(CN(Cc2cccnc2)C(=S)Nc2ccc(C(C)=O)cc2)cc1. The first-order valence-corrected chi connectivity index (χ1v) is 10.1. The molecule has 1 heterocycles. The molecule has 1 N–H and O–H groups in total. The summed E-state index contributed by atoms with van der Waals surface area (Å²) in [7, 11) is 0. The zero-order valence-electron chi connectivity index (χ0n) is 16.8. The van der Waals surface area contributed by atoms with Crippen molar-refractivity contribution in [2.45, 2.75) is 33.4 Å². The van der Waals surface area contributed by atoms with Crippen molar-refractivity contribution in [2.24, 2.45) is 0 Å². The van der Waals surface area contributed by atoms with Gasteiger partial charge in [0.05, 0.1) is 0 Å². The third-order valence-electron chi connectivity index (χ3n) is 4.73. The number of nitrogens with zero attached hydrogens (tertiary/aromatic N) is 2. The van der Waals surface area contributed by atoms with Crippen LogP contribution in [0.5, 0.6) is 0 Å². The van der Waals surface area contributed by atoms with Crippen molar-refractivity contribution < 1.29 is 4.79 Å². The average molecular weight is 404 g/mol. The number of rotatable bonds is 7. The van der Waals surface area contributed by atoms with Crippen molar-refractivity contribution in [1.82, 2.24) is 9.88 Å². The minimum absolute atomic E-state index is 0.0489. The van der Waals surface area contributed by atoms with Gasteiger partial charge in [0.1, 0.15) is 0 Å². The van der Waals surface area contributed by atoms with E-state index in [1.807, 2.05) is 42.6 Å². The molecule has 29 heavy (non-hydrogen) atoms. The number of aryl methyl sites for hydroxylation is 1. The summed E-state index contributed by atoms with van der Waals surface area (Å²) in [5, 5.41) is 3.93. The molecule has 148 valence electrons. The maximum absolute atomic E-state index is 11.5. The van der Waals surface area contributed by atoms with E-state index < -0.39 is 0 Å². The number of thiocarbonyl (C=S) groups is 1. The third kappa shape index (κ3) is 5.96. The topological polar surface area (TPSA) is 45.2 Å². The normalized spacial score (nSPS) is 10.4. The molecule has 3 rings (SSSR count). The number of nitrogens with one attached hydrogen (secondary N) is 1. The minimum atomic E-state index is 0.0489. The van der Waals surface area contributed by atoms with Gasteiger partial charge in [-0.15, -0.1) is 0 Å². The van der Waals surface area contributed by atoms with Gasteiger partial charge in [-0.25, -0.2) is 0 Å². The third-order valence-corrected chi connectivity index (χ3v) is 5.09. The second-order valence-corrected chi connectivity index (χ2v) is 7.34. The summed E-state index contributed by atoms with van der Waals surface area (Å²) in [6, 6.07) is 20.0. The number of aromatic nitrogens is 1. The molecule has 0 aliphatic rings. The Balaban J connectivity index is 1.76. The molecule has 0 atom stereocenters. The number of Topliss-reactive ketones (excluding diaryl/α,β-unsaturated/α-hetero) is 1. The van der Waals surface area contributed by atoms with Gasteiger partial charge in [0.25, 0.3) is 0 Å². The fourth-order valence-electron chi connectivity index (χ4n) is 3.00. The van der Waals surface area contributed by atoms with E-state index in [4.69, 9.17) is 12.2 Å². The van der Waals surface area contributed by atoms with E-state index in [2.05, 4.69) is 46.4 Å². The van der Waals surface area contributed by atoms with E-state index >= 15 is 0 Å². The Bertz CT molecular complexity index is 954. The smallest absolute Gasteiger partial charge is 0.174 e. The molecule has 3 aromatic rings. The number of hydrogen-bond donors (Lipinski definition) is 1. The fraction of sp³-hybridized carbons (Fsp3) is 0.208. The lowest BCUT2D eigenvalue weighted by molar-refractivity contribution is 0.101. The summed E-state index contributed by atoms with van der Waals surface area (Å²) < 4.78 is 0. The van der Waals surface area contributed by atoms with Crippen LogP contribution in [0.4, 0.5) is 5.69 Å². The van der Waals surface area contributed by atoms with Crippen LogP contribution in [0.2, 0.25) is 0 Å². The molecule has 0 aliphatic heterocycles. The molecular weight excluding hydrogens is 378 g/mol. The molecule has 0 radical (unpaired) electrons. The summed E-state index contributed by atoms with van der Waals surface area (Å²) in [5.74, 6) is 0.0489. The van der Waals surface area contributed by atoms with Gasteiger partial charge in [0, 0.05) is 36.7 Å². The molecule has 0 saturated carbocycles. The van der Waals surface area contributed by atoms with Crippen LogP contribution in [0.15, 0.2) is 73.1 Å². The number of hydrogen-bond acceptors (Lipinski definition) is 3. The van der Waals surface area contributed by atoms with Crippen molar-refractivity contribution >= 4 is 28.8 Å². The quantitative estimate of drug-likeness (QED) is 0.431. The van der Waals surface area contributed by atoms with Gasteiger partial charge in [-0.3, -0.25) is 9.78 Å². The van der Waals surface area contributed by atoms with Crippen molar-refractivity contribution in [3.05, 3.63) is 95.3 Å². The maximum Gasteiger partial charge on any atom is 0.174 e. The van der Waals surface area contributed by atoms with Gasteiger partial charge < -0.3 is 10.2 Å². The number of ketones is 1. The Morgan fingerprint density at radius 1 is 0.966 bits per heavy atom. The highest BCUT2D eigenvalue weighted by Gasteiger charge is 2.12. The monoisotopic (exact) mass is 403 g/mol. The second kappa shape index (κ2) is 9.94. The van der Waals surface area contributed by atoms with Gasteiger partial charge in [-0.2, -0.15) is 0 Å². The summed E-state index contributed by atoms with van der Waals surface area (Å²) in [6.07, 6.45) is 4.65. The number of pyridine rings is 1. The van der Waals surface area contributed by atoms with Crippen LogP contribution in [0.1, 0.15) is 40.9 Å². The van der Waals surface area contributed by atoms with E-state index in [0.29, 0.717) is 23.8 Å². The van der Waals surface area contributed by atoms with Crippen molar-refractivity contribution in [3.8, 4) is 0 Å². The van der Waals surface area contributed by atoms with Crippen molar-refractivity contribution in [3.63, 3.8) is 0 Å². The number of carbonyl (C=O) groups is 1. The molecule has 5 heteroatoms. The van der Waals surface area contributed by atoms with Crippen LogP contribution in [-0.4, -0.2) is 20.8 Å². The summed E-state index contributed by atoms with van der Waals surface area (Å²) >= 11 is 5.72. The first-order valence-electron chi connectivity index (χ1n) is 9.69. The zero-order chi connectivity index (χ0) is 20.6. The molecule has 0 bridgehead atoms. The summed E-state index contributed by atoms with van der Waals surface area (Å²) in [5.41, 5.74) is 5.15. The summed E-state index contributed by atoms with van der Waals surface area (Å²) in [4.78, 5) is 17.8. The number of benzene rings is 2. The Morgan fingerprint density at radius 2 is 1.62 bits per heavy atom. The Morgan fingerprint density at radius 3 is 2.21 bits per heavy atom. The Hall–Kier alpha value is -3.05. The second-order valence-electron chi connectivity index (χ2n) is 6.95. The molecule has 4 nitrogen and oxygen atoms in total. The van der Waals surface area contributed by atoms with E-state index in [9.17, 15) is 4.79 Å². The maximum atomic E-state index is 11.5. The molecule has 0 unspecified atom stereocenters. The largest absolute Gasteiger partial charge is 0.340 e. The first-order chi connectivity index (χ1) is 14.0. The zero-order valence-corrected chi connectivity index (χ0v) is 17.6. The summed E-state index contributed by atoms with van der Waals surface area (Å²) in [6.45, 7) is 5.06. The van der Waals surface area contributed by atoms with Crippen LogP contribution in [0.25, 0.3) is 0 Å². The van der Waals surface area contributed by atoms with Gasteiger partial charge in [-0.05, 0) is 72.6 Å². The predicted molar refractivity (Wildman–Crippen MR) is 122 cm³/mol. The highest BCUT2D eigenvalue weighted by Crippen LogP contribution is 2.15. The standard InChI is InChI=1S/C24H25N3OS/c1-3-19-6-8-20(9-7-19)16-27(17-21-5-4-14-25-15-21)24(29)26-23-12-10-22(11-13-23)18(2)28/h4-15H,3,16-17H2,1-2H3,(H,26,29). The van der Waals surface area contributed by atoms with Crippen LogP contribution >= 0.6 is 12.2 Å². The van der Waals surface area contributed by atoms with Crippen molar-refractivity contribution in [1.29, 1.82) is 0 Å². The average Bonchev–Trinajstić information content (AvgIpc) is 2.75. The molecule has 0 amide bonds. The first kappa shape index (κ1) is 20.7. The highest BCUT2D eigenvalue weighted by atomic mass is 32.1. The van der Waals surface area contributed by atoms with Crippen LogP contribution in [0, 0.1) is 0 Å². The molecule has 1 aromatic heterocycles. The van der Waals surface area contributed by atoms with E-state index in [0.717, 1.165) is 17.7 Å². The van der Waals surface area contributed by atoms with Crippen LogP contribution in [0.3, 0.4) is 0 Å². The molecule has 0 fully saturated rings. The molecule has 0 spiro atoms. The van der Waals surface area contributed by atoms with Gasteiger partial charge in [-0.1, -0.05) is 37.3 Å². The Kier molecular flexibility index (Phi) is 7.09. The van der Waals surface area contributed by atoms with Crippen LogP contribution < -0.4 is 5.32 Å². The minimum Gasteiger partial charge on any atom is -0.340 e. The predicted octanol–water partition coefficient (Wildman–Crippen LogP) is 5.25. The van der Waals surface area contributed by atoms with E-state index in [1.54, 1.807) is 13.1 Å².